The van der Waals surface area contributed by atoms with Crippen LogP contribution in [0.25, 0.3) is 0 Å². The number of carboxylic acids is 1. The van der Waals surface area contributed by atoms with Crippen molar-refractivity contribution < 1.29 is 29.0 Å². The Morgan fingerprint density at radius 3 is 2.67 bits per heavy atom. The molecule has 1 saturated heterocycles. The van der Waals surface area contributed by atoms with E-state index in [1.54, 1.807) is 0 Å². The van der Waals surface area contributed by atoms with Crippen LogP contribution in [0.3, 0.4) is 0 Å². The molecule has 0 bridgehead atoms. The molecule has 1 aliphatic heterocycles. The number of aromatic carboxylic acids is 1. The van der Waals surface area contributed by atoms with E-state index in [9.17, 15) is 14.4 Å². The van der Waals surface area contributed by atoms with Gasteiger partial charge in [-0.15, -0.1) is 0 Å². The second-order valence-electron chi connectivity index (χ2n) is 4.52. The summed E-state index contributed by atoms with van der Waals surface area (Å²) in [6, 6.07) is 4.02. The molecule has 21 heavy (non-hydrogen) atoms. The van der Waals surface area contributed by atoms with Crippen LogP contribution in [0.1, 0.15) is 27.1 Å². The summed E-state index contributed by atoms with van der Waals surface area (Å²) >= 11 is 0. The van der Waals surface area contributed by atoms with Gasteiger partial charge in [-0.1, -0.05) is 0 Å². The topological polar surface area (TPSA) is 93.1 Å². The molecule has 1 N–H and O–H groups in total. The standard InChI is InChI=1S/C14H15NO6/c1-20-14(19)10-5-9(13(17)18)6-11(7-10)15-3-2-4-21-8-12(15)16/h5-7H,2-4,8H2,1H3,(H,17,18). The van der Waals surface area contributed by atoms with E-state index in [0.717, 1.165) is 0 Å². The van der Waals surface area contributed by atoms with Crippen LogP contribution in [0, 0.1) is 0 Å². The van der Waals surface area contributed by atoms with E-state index in [1.807, 2.05) is 0 Å². The van der Waals surface area contributed by atoms with Gasteiger partial charge in [0.1, 0.15) is 6.61 Å². The van der Waals surface area contributed by atoms with Crippen LogP contribution in [-0.2, 0) is 14.3 Å². The van der Waals surface area contributed by atoms with Gasteiger partial charge in [0.2, 0.25) is 0 Å². The maximum absolute atomic E-state index is 12.0. The number of benzene rings is 1. The van der Waals surface area contributed by atoms with E-state index < -0.39 is 11.9 Å². The number of carboxylic acid groups (broad SMARTS) is 1. The lowest BCUT2D eigenvalue weighted by Crippen LogP contribution is -2.32. The van der Waals surface area contributed by atoms with Gasteiger partial charge in [0.05, 0.1) is 18.2 Å². The average molecular weight is 293 g/mol. The Kier molecular flexibility index (Phi) is 4.54. The Bertz CT molecular complexity index is 583. The van der Waals surface area contributed by atoms with Crippen molar-refractivity contribution in [1.82, 2.24) is 0 Å². The molecule has 1 aromatic carbocycles. The zero-order valence-corrected chi connectivity index (χ0v) is 11.5. The molecule has 0 radical (unpaired) electrons. The number of carbonyl (C=O) groups is 3. The van der Waals surface area contributed by atoms with Crippen molar-refractivity contribution in [2.45, 2.75) is 6.42 Å². The van der Waals surface area contributed by atoms with Gasteiger partial charge in [0.15, 0.2) is 0 Å². The minimum absolute atomic E-state index is 0.0646. The van der Waals surface area contributed by atoms with Crippen molar-refractivity contribution in [1.29, 1.82) is 0 Å². The zero-order chi connectivity index (χ0) is 15.4. The molecule has 0 aliphatic carbocycles. The van der Waals surface area contributed by atoms with Crippen LogP contribution in [-0.4, -0.2) is 49.8 Å². The molecule has 1 fully saturated rings. The Morgan fingerprint density at radius 2 is 2.00 bits per heavy atom. The number of rotatable bonds is 3. The molecular formula is C14H15NO6. The van der Waals surface area contributed by atoms with E-state index in [2.05, 4.69) is 4.74 Å². The lowest BCUT2D eigenvalue weighted by molar-refractivity contribution is -0.122. The van der Waals surface area contributed by atoms with Crippen LogP contribution in [0.15, 0.2) is 18.2 Å². The first-order valence-corrected chi connectivity index (χ1v) is 6.37. The molecule has 1 heterocycles. The van der Waals surface area contributed by atoms with E-state index in [1.165, 1.54) is 30.2 Å². The second-order valence-corrected chi connectivity index (χ2v) is 4.52. The Balaban J connectivity index is 2.45. The van der Waals surface area contributed by atoms with Crippen molar-refractivity contribution in [3.63, 3.8) is 0 Å². The molecule has 1 amide bonds. The summed E-state index contributed by atoms with van der Waals surface area (Å²) in [5.41, 5.74) is 0.363. The Hall–Kier alpha value is -2.41. The van der Waals surface area contributed by atoms with Gasteiger partial charge in [0, 0.05) is 18.8 Å². The highest BCUT2D eigenvalue weighted by Crippen LogP contribution is 2.22. The maximum Gasteiger partial charge on any atom is 0.337 e. The molecule has 7 heteroatoms. The smallest absolute Gasteiger partial charge is 0.337 e. The second kappa shape index (κ2) is 6.36. The molecule has 1 aromatic rings. The lowest BCUT2D eigenvalue weighted by atomic mass is 10.1. The van der Waals surface area contributed by atoms with Crippen LogP contribution >= 0.6 is 0 Å². The molecule has 0 aromatic heterocycles. The highest BCUT2D eigenvalue weighted by atomic mass is 16.5. The average Bonchev–Trinajstić information content (AvgIpc) is 2.70. The number of anilines is 1. The summed E-state index contributed by atoms with van der Waals surface area (Å²) in [5, 5.41) is 9.13. The van der Waals surface area contributed by atoms with Crippen molar-refractivity contribution in [3.05, 3.63) is 29.3 Å². The third kappa shape index (κ3) is 3.38. The van der Waals surface area contributed by atoms with Crippen molar-refractivity contribution in [2.75, 3.05) is 31.8 Å². The van der Waals surface area contributed by atoms with Gasteiger partial charge in [-0.05, 0) is 24.6 Å². The summed E-state index contributed by atoms with van der Waals surface area (Å²) in [5.74, 6) is -2.11. The Labute approximate surface area is 121 Å². The maximum atomic E-state index is 12.0. The van der Waals surface area contributed by atoms with Gasteiger partial charge >= 0.3 is 11.9 Å². The Morgan fingerprint density at radius 1 is 1.29 bits per heavy atom. The normalized spacial score (nSPS) is 15.5. The number of carbonyl (C=O) groups excluding carboxylic acids is 2. The number of amides is 1. The van der Waals surface area contributed by atoms with Gasteiger partial charge in [-0.25, -0.2) is 9.59 Å². The minimum atomic E-state index is -1.18. The first-order valence-electron chi connectivity index (χ1n) is 6.37. The molecule has 112 valence electrons. The minimum Gasteiger partial charge on any atom is -0.478 e. The third-order valence-electron chi connectivity index (χ3n) is 3.09. The lowest BCUT2D eigenvalue weighted by Gasteiger charge is -2.21. The van der Waals surface area contributed by atoms with Crippen LogP contribution in [0.5, 0.6) is 0 Å². The molecular weight excluding hydrogens is 278 g/mol. The SMILES string of the molecule is COC(=O)c1cc(C(=O)O)cc(N2CCCOCC2=O)c1. The summed E-state index contributed by atoms with van der Waals surface area (Å²) in [7, 11) is 1.21. The third-order valence-corrected chi connectivity index (χ3v) is 3.09. The summed E-state index contributed by atoms with van der Waals surface area (Å²) < 4.78 is 9.74. The summed E-state index contributed by atoms with van der Waals surface area (Å²) in [6.07, 6.45) is 0.636. The highest BCUT2D eigenvalue weighted by molar-refractivity contribution is 6.00. The van der Waals surface area contributed by atoms with Gasteiger partial charge in [-0.2, -0.15) is 0 Å². The zero-order valence-electron chi connectivity index (χ0n) is 11.5. The fraction of sp³-hybridized carbons (Fsp3) is 0.357. The van der Waals surface area contributed by atoms with E-state index in [-0.39, 0.29) is 23.6 Å². The quantitative estimate of drug-likeness (QED) is 0.833. The van der Waals surface area contributed by atoms with Gasteiger partial charge in [0.25, 0.3) is 5.91 Å². The van der Waals surface area contributed by atoms with Crippen molar-refractivity contribution in [2.24, 2.45) is 0 Å². The van der Waals surface area contributed by atoms with Crippen LogP contribution in [0.2, 0.25) is 0 Å². The summed E-state index contributed by atoms with van der Waals surface area (Å²) in [6.45, 7) is 0.804. The fourth-order valence-electron chi connectivity index (χ4n) is 2.09. The molecule has 0 unspecified atom stereocenters. The molecule has 2 rings (SSSR count). The molecule has 1 aliphatic rings. The number of methoxy groups -OCH3 is 1. The van der Waals surface area contributed by atoms with Gasteiger partial charge < -0.3 is 19.5 Å². The van der Waals surface area contributed by atoms with Crippen LogP contribution in [0.4, 0.5) is 5.69 Å². The highest BCUT2D eigenvalue weighted by Gasteiger charge is 2.22. The van der Waals surface area contributed by atoms with Crippen molar-refractivity contribution >= 4 is 23.5 Å². The van der Waals surface area contributed by atoms with Gasteiger partial charge in [-0.3, -0.25) is 4.79 Å². The number of nitrogens with zero attached hydrogens (tertiary/aromatic N) is 1. The number of hydrogen-bond acceptors (Lipinski definition) is 5. The number of esters is 1. The molecule has 0 saturated carbocycles. The fourth-order valence-corrected chi connectivity index (χ4v) is 2.09. The predicted molar refractivity (Wildman–Crippen MR) is 72.5 cm³/mol. The van der Waals surface area contributed by atoms with Crippen LogP contribution < -0.4 is 4.90 Å². The van der Waals surface area contributed by atoms with E-state index in [0.29, 0.717) is 25.3 Å². The largest absolute Gasteiger partial charge is 0.478 e. The molecule has 7 nitrogen and oxygen atoms in total. The summed E-state index contributed by atoms with van der Waals surface area (Å²) in [4.78, 5) is 36.2. The number of ether oxygens (including phenoxy) is 2. The van der Waals surface area contributed by atoms with E-state index in [4.69, 9.17) is 9.84 Å². The first-order chi connectivity index (χ1) is 10.0. The molecule has 0 atom stereocenters. The van der Waals surface area contributed by atoms with Crippen molar-refractivity contribution in [3.8, 4) is 0 Å². The molecule has 0 spiro atoms. The monoisotopic (exact) mass is 293 g/mol. The van der Waals surface area contributed by atoms with E-state index >= 15 is 0 Å². The first kappa shape index (κ1) is 15.0. The number of hydrogen-bond donors (Lipinski definition) is 1. The predicted octanol–water partition coefficient (Wildman–Crippen LogP) is 0.925.